The van der Waals surface area contributed by atoms with Crippen LogP contribution in [0.15, 0.2) is 36.7 Å². The molecule has 0 bridgehead atoms. The largest absolute Gasteiger partial charge is 0.364 e. The van der Waals surface area contributed by atoms with E-state index in [0.717, 1.165) is 25.8 Å². The third-order valence-corrected chi connectivity index (χ3v) is 5.85. The summed E-state index contributed by atoms with van der Waals surface area (Å²) in [5, 5.41) is 6.31. The second-order valence-corrected chi connectivity index (χ2v) is 8.08. The van der Waals surface area contributed by atoms with Gasteiger partial charge in [-0.1, -0.05) is 18.2 Å². The minimum atomic E-state index is -0.293. The number of imidazole rings is 1. The second-order valence-electron chi connectivity index (χ2n) is 8.08. The molecule has 2 aliphatic rings. The number of anilines is 2. The van der Waals surface area contributed by atoms with Gasteiger partial charge in [0, 0.05) is 37.3 Å². The van der Waals surface area contributed by atoms with Gasteiger partial charge in [0.2, 0.25) is 11.7 Å². The van der Waals surface area contributed by atoms with Crippen LogP contribution < -0.4 is 10.6 Å². The number of nitrogens with one attached hydrogen (secondary N) is 2. The summed E-state index contributed by atoms with van der Waals surface area (Å²) in [5.74, 6) is 1.10. The van der Waals surface area contributed by atoms with Crippen molar-refractivity contribution in [2.75, 3.05) is 23.7 Å². The van der Waals surface area contributed by atoms with Crippen LogP contribution in [0.3, 0.4) is 0 Å². The van der Waals surface area contributed by atoms with Crippen LogP contribution in [0, 0.1) is 5.92 Å². The van der Waals surface area contributed by atoms with Crippen LogP contribution in [-0.2, 0) is 11.3 Å². The molecule has 5 rings (SSSR count). The van der Waals surface area contributed by atoms with Crippen molar-refractivity contribution in [2.24, 2.45) is 5.92 Å². The highest BCUT2D eigenvalue weighted by atomic mass is 16.2. The fourth-order valence-corrected chi connectivity index (χ4v) is 4.08. The molecule has 9 heteroatoms. The maximum Gasteiger partial charge on any atom is 0.291 e. The third-order valence-electron chi connectivity index (χ3n) is 5.85. The van der Waals surface area contributed by atoms with E-state index < -0.39 is 0 Å². The number of benzene rings is 1. The molecule has 2 aromatic heterocycles. The first-order valence-corrected chi connectivity index (χ1v) is 10.8. The second kappa shape index (κ2) is 7.98. The van der Waals surface area contributed by atoms with E-state index in [-0.39, 0.29) is 23.8 Å². The molecule has 1 atom stereocenters. The number of amides is 2. The maximum atomic E-state index is 12.9. The molecule has 1 aliphatic carbocycles. The predicted molar refractivity (Wildman–Crippen MR) is 117 cm³/mol. The maximum absolute atomic E-state index is 12.9. The van der Waals surface area contributed by atoms with Crippen LogP contribution >= 0.6 is 0 Å². The van der Waals surface area contributed by atoms with E-state index in [0.29, 0.717) is 41.6 Å². The first-order valence-electron chi connectivity index (χ1n) is 10.8. The Labute approximate surface area is 179 Å². The Hall–Kier alpha value is -3.49. The Bertz CT molecular complexity index is 1120. The van der Waals surface area contributed by atoms with E-state index in [9.17, 15) is 9.59 Å². The quantitative estimate of drug-likeness (QED) is 0.636. The van der Waals surface area contributed by atoms with E-state index in [2.05, 4.69) is 25.6 Å². The lowest BCUT2D eigenvalue weighted by molar-refractivity contribution is -0.131. The third kappa shape index (κ3) is 3.83. The standard InChI is InChI=1S/C22H25N7O2/c1-2-29-19-17(27-20(29)21(30)26-15-6-4-3-5-7-15)18(23-13-24-19)25-16-10-11-28(12-16)22(31)14-8-9-14/h3-7,13-14,16H,2,8-12H2,1H3,(H,26,30)(H,23,24,25). The van der Waals surface area contributed by atoms with Gasteiger partial charge in [0.05, 0.1) is 0 Å². The SMILES string of the molecule is CCn1c(C(=O)Nc2ccccc2)nc2c(NC3CCN(C(=O)C4CC4)C3)ncnc21. The van der Waals surface area contributed by atoms with Gasteiger partial charge in [-0.15, -0.1) is 0 Å². The number of likely N-dealkylation sites (tertiary alicyclic amines) is 1. The molecule has 160 valence electrons. The number of para-hydroxylation sites is 1. The Balaban J connectivity index is 1.38. The average Bonchev–Trinajstić information content (AvgIpc) is 3.41. The van der Waals surface area contributed by atoms with Gasteiger partial charge >= 0.3 is 0 Å². The predicted octanol–water partition coefficient (Wildman–Crippen LogP) is 2.52. The Morgan fingerprint density at radius 2 is 1.94 bits per heavy atom. The fraction of sp³-hybridized carbons (Fsp3) is 0.409. The van der Waals surface area contributed by atoms with Crippen molar-refractivity contribution in [1.82, 2.24) is 24.4 Å². The molecular weight excluding hydrogens is 394 g/mol. The number of nitrogens with zero attached hydrogens (tertiary/aromatic N) is 5. The van der Waals surface area contributed by atoms with E-state index in [1.54, 1.807) is 4.57 Å². The van der Waals surface area contributed by atoms with Gasteiger partial charge in [-0.2, -0.15) is 0 Å². The van der Waals surface area contributed by atoms with Crippen molar-refractivity contribution < 1.29 is 9.59 Å². The van der Waals surface area contributed by atoms with Crippen LogP contribution in [0.1, 0.15) is 36.8 Å². The zero-order valence-electron chi connectivity index (χ0n) is 17.4. The molecule has 31 heavy (non-hydrogen) atoms. The van der Waals surface area contributed by atoms with Crippen LogP contribution in [-0.4, -0.2) is 55.4 Å². The Morgan fingerprint density at radius 1 is 1.13 bits per heavy atom. The van der Waals surface area contributed by atoms with Crippen molar-refractivity contribution >= 4 is 34.5 Å². The zero-order valence-corrected chi connectivity index (χ0v) is 17.4. The van der Waals surface area contributed by atoms with Gasteiger partial charge in [-0.05, 0) is 38.3 Å². The number of aromatic nitrogens is 4. The lowest BCUT2D eigenvalue weighted by Gasteiger charge is -2.17. The molecule has 9 nitrogen and oxygen atoms in total. The number of rotatable bonds is 6. The highest BCUT2D eigenvalue weighted by Crippen LogP contribution is 2.32. The smallest absolute Gasteiger partial charge is 0.291 e. The van der Waals surface area contributed by atoms with Crippen LogP contribution in [0.2, 0.25) is 0 Å². The Kier molecular flexibility index (Phi) is 5.01. The summed E-state index contributed by atoms with van der Waals surface area (Å²) >= 11 is 0. The van der Waals surface area contributed by atoms with Gasteiger partial charge in [0.25, 0.3) is 5.91 Å². The minimum Gasteiger partial charge on any atom is -0.364 e. The number of hydrogen-bond acceptors (Lipinski definition) is 6. The molecule has 3 aromatic rings. The van der Waals surface area contributed by atoms with Crippen LogP contribution in [0.25, 0.3) is 11.2 Å². The van der Waals surface area contributed by atoms with E-state index in [1.807, 2.05) is 42.2 Å². The molecule has 1 aromatic carbocycles. The Morgan fingerprint density at radius 3 is 2.68 bits per heavy atom. The first-order chi connectivity index (χ1) is 15.1. The van der Waals surface area contributed by atoms with Gasteiger partial charge in [0.15, 0.2) is 17.0 Å². The van der Waals surface area contributed by atoms with E-state index in [1.165, 1.54) is 6.33 Å². The number of carbonyl (C=O) groups is 2. The summed E-state index contributed by atoms with van der Waals surface area (Å²) in [6.07, 6.45) is 4.38. The number of aryl methyl sites for hydroxylation is 1. The normalized spacial score (nSPS) is 18.4. The fourth-order valence-electron chi connectivity index (χ4n) is 4.08. The summed E-state index contributed by atoms with van der Waals surface area (Å²) in [6, 6.07) is 9.40. The van der Waals surface area contributed by atoms with Crippen LogP contribution in [0.4, 0.5) is 11.5 Å². The average molecular weight is 419 g/mol. The monoisotopic (exact) mass is 419 g/mol. The minimum absolute atomic E-state index is 0.106. The van der Waals surface area contributed by atoms with E-state index in [4.69, 9.17) is 0 Å². The summed E-state index contributed by atoms with van der Waals surface area (Å²) in [5.41, 5.74) is 1.88. The van der Waals surface area contributed by atoms with Crippen molar-refractivity contribution in [1.29, 1.82) is 0 Å². The van der Waals surface area contributed by atoms with Gasteiger partial charge < -0.3 is 20.1 Å². The molecule has 0 radical (unpaired) electrons. The molecule has 1 saturated carbocycles. The lowest BCUT2D eigenvalue weighted by Crippen LogP contribution is -2.32. The summed E-state index contributed by atoms with van der Waals surface area (Å²) < 4.78 is 1.79. The molecule has 1 saturated heterocycles. The highest BCUT2D eigenvalue weighted by Gasteiger charge is 2.36. The summed E-state index contributed by atoms with van der Waals surface area (Å²) in [7, 11) is 0. The van der Waals surface area contributed by atoms with Crippen molar-refractivity contribution in [2.45, 2.75) is 38.8 Å². The zero-order chi connectivity index (χ0) is 21.4. The molecule has 0 spiro atoms. The van der Waals surface area contributed by atoms with Gasteiger partial charge in [0.1, 0.15) is 6.33 Å². The molecule has 3 heterocycles. The summed E-state index contributed by atoms with van der Waals surface area (Å²) in [6.45, 7) is 3.93. The molecular formula is C22H25N7O2. The molecule has 2 N–H and O–H groups in total. The number of carbonyl (C=O) groups excluding carboxylic acids is 2. The topological polar surface area (TPSA) is 105 Å². The van der Waals surface area contributed by atoms with Crippen molar-refractivity contribution in [3.8, 4) is 0 Å². The molecule has 1 aliphatic heterocycles. The first kappa shape index (κ1) is 19.5. The van der Waals surface area contributed by atoms with Crippen LogP contribution in [0.5, 0.6) is 0 Å². The van der Waals surface area contributed by atoms with Gasteiger partial charge in [-0.3, -0.25) is 9.59 Å². The molecule has 2 fully saturated rings. The molecule has 1 unspecified atom stereocenters. The number of hydrogen-bond donors (Lipinski definition) is 2. The number of fused-ring (bicyclic) bond motifs is 1. The summed E-state index contributed by atoms with van der Waals surface area (Å²) in [4.78, 5) is 40.5. The van der Waals surface area contributed by atoms with Crippen molar-refractivity contribution in [3.63, 3.8) is 0 Å². The van der Waals surface area contributed by atoms with Crippen molar-refractivity contribution in [3.05, 3.63) is 42.5 Å². The van der Waals surface area contributed by atoms with E-state index >= 15 is 0 Å². The highest BCUT2D eigenvalue weighted by molar-refractivity contribution is 6.04. The van der Waals surface area contributed by atoms with Gasteiger partial charge in [-0.25, -0.2) is 15.0 Å². The molecule has 2 amide bonds. The lowest BCUT2D eigenvalue weighted by atomic mass is 10.2.